The highest BCUT2D eigenvalue weighted by molar-refractivity contribution is 6.33. The number of hydrogen-bond acceptors (Lipinski definition) is 5. The second kappa shape index (κ2) is 6.75. The summed E-state index contributed by atoms with van der Waals surface area (Å²) in [6, 6.07) is 1.55. The van der Waals surface area contributed by atoms with E-state index in [9.17, 15) is 4.79 Å². The molecule has 0 saturated carbocycles. The molecule has 3 rings (SSSR count). The Balaban J connectivity index is 1.63. The van der Waals surface area contributed by atoms with E-state index in [1.807, 2.05) is 0 Å². The largest absolute Gasteiger partial charge is 0.492 e. The minimum Gasteiger partial charge on any atom is -0.492 e. The van der Waals surface area contributed by atoms with Crippen LogP contribution in [0.15, 0.2) is 6.07 Å². The summed E-state index contributed by atoms with van der Waals surface area (Å²) in [6.07, 6.45) is 4.42. The lowest BCUT2D eigenvalue weighted by atomic mass is 10.1. The number of nitrogens with zero attached hydrogens (tertiary/aromatic N) is 1. The number of ether oxygens (including phenoxy) is 2. The van der Waals surface area contributed by atoms with Crippen molar-refractivity contribution >= 4 is 23.3 Å². The number of nitrogen functional groups attached to an aromatic ring is 1. The molecule has 0 aromatic heterocycles. The summed E-state index contributed by atoms with van der Waals surface area (Å²) in [5, 5.41) is 0.382. The Kier molecular flexibility index (Phi) is 4.74. The Labute approximate surface area is 135 Å². The van der Waals surface area contributed by atoms with Crippen molar-refractivity contribution in [2.24, 2.45) is 0 Å². The van der Waals surface area contributed by atoms with Crippen LogP contribution in [0.1, 0.15) is 35.2 Å². The lowest BCUT2D eigenvalue weighted by Crippen LogP contribution is -2.33. The standard InChI is InChI=1S/C16H21ClN2O3/c17-13-10-12(15-11(14(13)18)4-8-21-15)16(20)22-9-7-19-5-2-1-3-6-19/h10H,1-9,18H2. The van der Waals surface area contributed by atoms with Crippen LogP contribution in [0.25, 0.3) is 0 Å². The molecule has 2 aliphatic rings. The van der Waals surface area contributed by atoms with Gasteiger partial charge in [-0.1, -0.05) is 18.0 Å². The fourth-order valence-corrected chi connectivity index (χ4v) is 3.27. The van der Waals surface area contributed by atoms with Crippen LogP contribution in [0.2, 0.25) is 5.02 Å². The predicted molar refractivity (Wildman–Crippen MR) is 85.6 cm³/mol. The zero-order valence-electron chi connectivity index (χ0n) is 12.6. The molecule has 2 N–H and O–H groups in total. The first kappa shape index (κ1) is 15.4. The number of hydrogen-bond donors (Lipinski definition) is 1. The molecule has 6 heteroatoms. The van der Waals surface area contributed by atoms with Crippen molar-refractivity contribution in [3.05, 3.63) is 22.2 Å². The van der Waals surface area contributed by atoms with Crippen molar-refractivity contribution in [2.75, 3.05) is 38.6 Å². The van der Waals surface area contributed by atoms with E-state index in [1.54, 1.807) is 6.07 Å². The van der Waals surface area contributed by atoms with Crippen LogP contribution in [-0.4, -0.2) is 43.7 Å². The van der Waals surface area contributed by atoms with E-state index in [0.717, 1.165) is 25.2 Å². The van der Waals surface area contributed by atoms with Gasteiger partial charge in [0.1, 0.15) is 17.9 Å². The maximum absolute atomic E-state index is 12.3. The number of rotatable bonds is 4. The monoisotopic (exact) mass is 324 g/mol. The summed E-state index contributed by atoms with van der Waals surface area (Å²) in [6.45, 7) is 3.86. The first-order chi connectivity index (χ1) is 10.7. The van der Waals surface area contributed by atoms with Gasteiger partial charge in [0.25, 0.3) is 0 Å². The molecule has 22 heavy (non-hydrogen) atoms. The van der Waals surface area contributed by atoms with Crippen LogP contribution in [0, 0.1) is 0 Å². The number of halogens is 1. The Morgan fingerprint density at radius 2 is 2.14 bits per heavy atom. The predicted octanol–water partition coefficient (Wildman–Crippen LogP) is 2.50. The Morgan fingerprint density at radius 3 is 2.91 bits per heavy atom. The van der Waals surface area contributed by atoms with Gasteiger partial charge in [0.2, 0.25) is 0 Å². The van der Waals surface area contributed by atoms with Crippen molar-refractivity contribution in [3.63, 3.8) is 0 Å². The first-order valence-corrected chi connectivity index (χ1v) is 8.17. The summed E-state index contributed by atoms with van der Waals surface area (Å²) in [5.41, 5.74) is 7.62. The lowest BCUT2D eigenvalue weighted by molar-refractivity contribution is 0.0448. The topological polar surface area (TPSA) is 64.8 Å². The number of esters is 1. The van der Waals surface area contributed by atoms with Gasteiger partial charge in [0.05, 0.1) is 17.3 Å². The molecule has 1 aromatic carbocycles. The van der Waals surface area contributed by atoms with Crippen LogP contribution >= 0.6 is 11.6 Å². The summed E-state index contributed by atoms with van der Waals surface area (Å²) in [7, 11) is 0. The number of piperidine rings is 1. The van der Waals surface area contributed by atoms with Gasteiger partial charge in [-0.15, -0.1) is 0 Å². The fourth-order valence-electron chi connectivity index (χ4n) is 3.05. The zero-order valence-corrected chi connectivity index (χ0v) is 13.3. The maximum atomic E-state index is 12.3. The average Bonchev–Trinajstić information content (AvgIpc) is 3.01. The number of anilines is 1. The Bertz CT molecular complexity index is 571. The van der Waals surface area contributed by atoms with E-state index >= 15 is 0 Å². The number of benzene rings is 1. The number of fused-ring (bicyclic) bond motifs is 1. The second-order valence-corrected chi connectivity index (χ2v) is 6.17. The van der Waals surface area contributed by atoms with Crippen molar-refractivity contribution in [1.82, 2.24) is 4.90 Å². The molecule has 0 aliphatic carbocycles. The van der Waals surface area contributed by atoms with Crippen molar-refractivity contribution < 1.29 is 14.3 Å². The first-order valence-electron chi connectivity index (χ1n) is 7.80. The van der Waals surface area contributed by atoms with E-state index in [-0.39, 0.29) is 0 Å². The van der Waals surface area contributed by atoms with Crippen LogP contribution in [0.4, 0.5) is 5.69 Å². The highest BCUT2D eigenvalue weighted by atomic mass is 35.5. The molecule has 120 valence electrons. The lowest BCUT2D eigenvalue weighted by Gasteiger charge is -2.25. The fraction of sp³-hybridized carbons (Fsp3) is 0.562. The van der Waals surface area contributed by atoms with E-state index in [4.69, 9.17) is 26.8 Å². The van der Waals surface area contributed by atoms with Crippen molar-refractivity contribution in [1.29, 1.82) is 0 Å². The molecule has 1 saturated heterocycles. The van der Waals surface area contributed by atoms with E-state index in [0.29, 0.717) is 41.7 Å². The Morgan fingerprint density at radius 1 is 1.36 bits per heavy atom. The van der Waals surface area contributed by atoms with Gasteiger partial charge in [-0.3, -0.25) is 4.90 Å². The molecule has 0 bridgehead atoms. The van der Waals surface area contributed by atoms with Gasteiger partial charge in [0, 0.05) is 18.5 Å². The summed E-state index contributed by atoms with van der Waals surface area (Å²) in [5.74, 6) is 0.141. The van der Waals surface area contributed by atoms with Gasteiger partial charge in [-0.05, 0) is 32.0 Å². The van der Waals surface area contributed by atoms with Crippen molar-refractivity contribution in [3.8, 4) is 5.75 Å². The smallest absolute Gasteiger partial charge is 0.342 e. The van der Waals surface area contributed by atoms with Gasteiger partial charge in [0.15, 0.2) is 0 Å². The maximum Gasteiger partial charge on any atom is 0.342 e. The molecule has 1 aromatic rings. The van der Waals surface area contributed by atoms with Crippen LogP contribution < -0.4 is 10.5 Å². The second-order valence-electron chi connectivity index (χ2n) is 5.76. The molecular formula is C16H21ClN2O3. The average molecular weight is 325 g/mol. The molecule has 0 spiro atoms. The summed E-state index contributed by atoms with van der Waals surface area (Å²) >= 11 is 6.10. The van der Waals surface area contributed by atoms with Crippen LogP contribution in [-0.2, 0) is 11.2 Å². The molecule has 0 atom stereocenters. The van der Waals surface area contributed by atoms with Gasteiger partial charge in [-0.25, -0.2) is 4.79 Å². The van der Waals surface area contributed by atoms with Gasteiger partial charge in [-0.2, -0.15) is 0 Å². The highest BCUT2D eigenvalue weighted by Gasteiger charge is 2.26. The third-order valence-electron chi connectivity index (χ3n) is 4.28. The van der Waals surface area contributed by atoms with Gasteiger partial charge < -0.3 is 15.2 Å². The third-order valence-corrected chi connectivity index (χ3v) is 4.59. The molecule has 1 fully saturated rings. The van der Waals surface area contributed by atoms with Crippen LogP contribution in [0.3, 0.4) is 0 Å². The van der Waals surface area contributed by atoms with Crippen LogP contribution in [0.5, 0.6) is 5.75 Å². The zero-order chi connectivity index (χ0) is 15.5. The quantitative estimate of drug-likeness (QED) is 0.681. The molecule has 0 amide bonds. The molecule has 0 unspecified atom stereocenters. The molecule has 5 nitrogen and oxygen atoms in total. The van der Waals surface area contributed by atoms with Crippen molar-refractivity contribution in [2.45, 2.75) is 25.7 Å². The van der Waals surface area contributed by atoms with Gasteiger partial charge >= 0.3 is 5.97 Å². The molecule has 0 radical (unpaired) electrons. The highest BCUT2D eigenvalue weighted by Crippen LogP contribution is 2.38. The van der Waals surface area contributed by atoms with E-state index in [2.05, 4.69) is 4.90 Å². The third kappa shape index (κ3) is 3.15. The minimum absolute atomic E-state index is 0.380. The SMILES string of the molecule is Nc1c(Cl)cc(C(=O)OCCN2CCCCC2)c2c1CCO2. The normalized spacial score (nSPS) is 17.9. The number of nitrogens with two attached hydrogens (primary N) is 1. The minimum atomic E-state index is -0.392. The molecular weight excluding hydrogens is 304 g/mol. The molecule has 2 aliphatic heterocycles. The number of likely N-dealkylation sites (tertiary alicyclic amines) is 1. The van der Waals surface area contributed by atoms with E-state index in [1.165, 1.54) is 19.3 Å². The van der Waals surface area contributed by atoms with E-state index < -0.39 is 5.97 Å². The Hall–Kier alpha value is -1.46. The summed E-state index contributed by atoms with van der Waals surface area (Å²) in [4.78, 5) is 14.6. The number of carbonyl (C=O) groups excluding carboxylic acids is 1. The number of carbonyl (C=O) groups is 1. The summed E-state index contributed by atoms with van der Waals surface area (Å²) < 4.78 is 10.9. The molecule has 2 heterocycles.